The number of phenolic OH excluding ortho intramolecular Hbond substituents is 1. The number of aryl methyl sites for hydroxylation is 2. The van der Waals surface area contributed by atoms with E-state index in [2.05, 4.69) is 10.2 Å². The van der Waals surface area contributed by atoms with Gasteiger partial charge in [0.15, 0.2) is 5.75 Å². The molecule has 28 heavy (non-hydrogen) atoms. The largest absolute Gasteiger partial charge is 0.505 e. The molecule has 8 nitrogen and oxygen atoms in total. The normalized spacial score (nSPS) is 12.0. The van der Waals surface area contributed by atoms with Crippen molar-refractivity contribution in [3.63, 3.8) is 0 Å². The molecule has 0 radical (unpaired) electrons. The van der Waals surface area contributed by atoms with E-state index < -0.39 is 15.0 Å². The predicted octanol–water partition coefficient (Wildman–Crippen LogP) is 4.42. The van der Waals surface area contributed by atoms with Crippen molar-refractivity contribution in [3.8, 4) is 11.5 Å². The van der Waals surface area contributed by atoms with Crippen LogP contribution in [0.15, 0.2) is 51.5 Å². The lowest BCUT2D eigenvalue weighted by molar-refractivity contribution is 0.409. The smallest absolute Gasteiger partial charge is 0.296 e. The number of anilines is 1. The lowest BCUT2D eigenvalue weighted by Crippen LogP contribution is -2.00. The first-order valence-electron chi connectivity index (χ1n) is 8.21. The van der Waals surface area contributed by atoms with Gasteiger partial charge in [-0.15, -0.1) is 10.2 Å². The average molecular weight is 401 g/mol. The maximum absolute atomic E-state index is 11.7. The zero-order chi connectivity index (χ0) is 20.6. The summed E-state index contributed by atoms with van der Waals surface area (Å²) in [4.78, 5) is -0.440. The first-order chi connectivity index (χ1) is 13.1. The van der Waals surface area contributed by atoms with E-state index in [1.165, 1.54) is 19.2 Å². The lowest BCUT2D eigenvalue weighted by atomic mass is 10.0. The summed E-state index contributed by atoms with van der Waals surface area (Å²) in [5.41, 5.74) is 7.69. The van der Waals surface area contributed by atoms with Crippen LogP contribution in [0.3, 0.4) is 0 Å². The van der Waals surface area contributed by atoms with Crippen molar-refractivity contribution in [3.05, 3.63) is 47.5 Å². The summed E-state index contributed by atoms with van der Waals surface area (Å²) in [5.74, 6) is 0.186. The molecule has 0 bridgehead atoms. The standard InChI is InChI=1S/C19H19N3O5S/c1-10-7-15(17(28(24,25)26)9-16(10)27-3)21-22-18-11(2)6-12-8-13(20)4-5-14(12)19(18)23/h4-9,23H,20H2,1-3H3,(H,24,25,26). The minimum Gasteiger partial charge on any atom is -0.505 e. The van der Waals surface area contributed by atoms with E-state index in [1.807, 2.05) is 0 Å². The summed E-state index contributed by atoms with van der Waals surface area (Å²) in [5, 5.41) is 19.9. The molecule has 3 aromatic rings. The fourth-order valence-corrected chi connectivity index (χ4v) is 3.54. The third kappa shape index (κ3) is 3.62. The van der Waals surface area contributed by atoms with Gasteiger partial charge < -0.3 is 15.6 Å². The van der Waals surface area contributed by atoms with Gasteiger partial charge in [0, 0.05) is 17.1 Å². The number of aromatic hydroxyl groups is 1. The van der Waals surface area contributed by atoms with Gasteiger partial charge in [0.25, 0.3) is 10.1 Å². The van der Waals surface area contributed by atoms with E-state index >= 15 is 0 Å². The number of phenols is 1. The molecule has 0 fully saturated rings. The van der Waals surface area contributed by atoms with Crippen LogP contribution in [0.1, 0.15) is 11.1 Å². The molecule has 0 aliphatic heterocycles. The van der Waals surface area contributed by atoms with E-state index in [9.17, 15) is 18.1 Å². The van der Waals surface area contributed by atoms with Crippen LogP contribution >= 0.6 is 0 Å². The van der Waals surface area contributed by atoms with Crippen molar-refractivity contribution in [2.24, 2.45) is 10.2 Å². The SMILES string of the molecule is COc1cc(S(=O)(=O)O)c(N=Nc2c(C)cc3cc(N)ccc3c2O)cc1C. The zero-order valence-electron chi connectivity index (χ0n) is 15.5. The highest BCUT2D eigenvalue weighted by atomic mass is 32.2. The van der Waals surface area contributed by atoms with E-state index in [4.69, 9.17) is 10.5 Å². The Balaban J connectivity index is 2.17. The first-order valence-corrected chi connectivity index (χ1v) is 9.65. The summed E-state index contributed by atoms with van der Waals surface area (Å²) in [6, 6.07) is 9.45. The number of ether oxygens (including phenoxy) is 1. The number of methoxy groups -OCH3 is 1. The maximum atomic E-state index is 11.7. The van der Waals surface area contributed by atoms with Crippen LogP contribution in [0.25, 0.3) is 10.8 Å². The van der Waals surface area contributed by atoms with Crippen molar-refractivity contribution in [1.82, 2.24) is 0 Å². The Labute approximate surface area is 162 Å². The van der Waals surface area contributed by atoms with E-state index in [1.54, 1.807) is 38.1 Å². The Morgan fingerprint density at radius 2 is 1.75 bits per heavy atom. The second-order valence-electron chi connectivity index (χ2n) is 6.34. The van der Waals surface area contributed by atoms with Crippen molar-refractivity contribution in [2.75, 3.05) is 12.8 Å². The first kappa shape index (κ1) is 19.6. The third-order valence-electron chi connectivity index (χ3n) is 4.31. The number of azo groups is 1. The number of hydrogen-bond acceptors (Lipinski definition) is 7. The molecule has 0 saturated carbocycles. The zero-order valence-corrected chi connectivity index (χ0v) is 16.3. The van der Waals surface area contributed by atoms with Gasteiger partial charge in [0.2, 0.25) is 0 Å². The van der Waals surface area contributed by atoms with Crippen LogP contribution in [0.4, 0.5) is 17.1 Å². The Bertz CT molecular complexity index is 1220. The molecule has 0 amide bonds. The maximum Gasteiger partial charge on any atom is 0.296 e. The summed E-state index contributed by atoms with van der Waals surface area (Å²) in [6.07, 6.45) is 0. The number of nitrogens with two attached hydrogens (primary N) is 1. The minimum atomic E-state index is -4.56. The number of hydrogen-bond donors (Lipinski definition) is 3. The minimum absolute atomic E-state index is 0.0722. The summed E-state index contributed by atoms with van der Waals surface area (Å²) in [6.45, 7) is 3.44. The Kier molecular flexibility index (Phi) is 4.97. The van der Waals surface area contributed by atoms with E-state index in [0.29, 0.717) is 22.2 Å². The molecule has 0 aromatic heterocycles. The molecule has 0 saturated heterocycles. The summed E-state index contributed by atoms with van der Waals surface area (Å²) >= 11 is 0. The molecule has 0 atom stereocenters. The molecule has 0 unspecified atom stereocenters. The van der Waals surface area contributed by atoms with Crippen molar-refractivity contribution >= 4 is 38.0 Å². The Hall–Kier alpha value is -3.17. The van der Waals surface area contributed by atoms with Crippen LogP contribution in [0.5, 0.6) is 11.5 Å². The van der Waals surface area contributed by atoms with Crippen molar-refractivity contribution in [1.29, 1.82) is 0 Å². The number of fused-ring (bicyclic) bond motifs is 1. The van der Waals surface area contributed by atoms with Gasteiger partial charge in [-0.25, -0.2) is 0 Å². The van der Waals surface area contributed by atoms with Crippen LogP contribution < -0.4 is 10.5 Å². The van der Waals surface area contributed by atoms with Crippen LogP contribution in [0.2, 0.25) is 0 Å². The van der Waals surface area contributed by atoms with Gasteiger partial charge in [-0.05, 0) is 60.7 Å². The van der Waals surface area contributed by atoms with Gasteiger partial charge in [-0.2, -0.15) is 8.42 Å². The topological polar surface area (TPSA) is 135 Å². The number of benzene rings is 3. The molecule has 4 N–H and O–H groups in total. The fraction of sp³-hybridized carbons (Fsp3) is 0.158. The number of rotatable bonds is 4. The predicted molar refractivity (Wildman–Crippen MR) is 106 cm³/mol. The highest BCUT2D eigenvalue weighted by Crippen LogP contribution is 2.40. The fourth-order valence-electron chi connectivity index (χ4n) is 2.92. The highest BCUT2D eigenvalue weighted by Gasteiger charge is 2.19. The van der Waals surface area contributed by atoms with Gasteiger partial charge in [-0.1, -0.05) is 0 Å². The molecule has 0 aliphatic rings. The lowest BCUT2D eigenvalue weighted by Gasteiger charge is -2.10. The van der Waals surface area contributed by atoms with Crippen molar-refractivity contribution < 1.29 is 22.8 Å². The van der Waals surface area contributed by atoms with Gasteiger partial charge >= 0.3 is 0 Å². The Morgan fingerprint density at radius 1 is 1.04 bits per heavy atom. The van der Waals surface area contributed by atoms with Crippen LogP contribution in [-0.2, 0) is 10.1 Å². The molecule has 146 valence electrons. The van der Waals surface area contributed by atoms with Gasteiger partial charge in [-0.3, -0.25) is 4.55 Å². The molecule has 3 aromatic carbocycles. The summed E-state index contributed by atoms with van der Waals surface area (Å²) in [7, 11) is -3.17. The molecule has 0 heterocycles. The molecule has 9 heteroatoms. The highest BCUT2D eigenvalue weighted by molar-refractivity contribution is 7.86. The molecular weight excluding hydrogens is 382 g/mol. The van der Waals surface area contributed by atoms with Gasteiger partial charge in [0.1, 0.15) is 22.0 Å². The number of nitrogen functional groups attached to an aromatic ring is 1. The average Bonchev–Trinajstić information content (AvgIpc) is 2.60. The molecule has 0 spiro atoms. The second kappa shape index (κ2) is 7.10. The van der Waals surface area contributed by atoms with E-state index in [-0.39, 0.29) is 22.9 Å². The van der Waals surface area contributed by atoms with E-state index in [0.717, 1.165) is 5.39 Å². The molecule has 3 rings (SSSR count). The monoisotopic (exact) mass is 401 g/mol. The quantitative estimate of drug-likeness (QED) is 0.336. The van der Waals surface area contributed by atoms with Gasteiger partial charge in [0.05, 0.1) is 7.11 Å². The molecule has 0 aliphatic carbocycles. The molecular formula is C19H19N3O5S. The van der Waals surface area contributed by atoms with Crippen LogP contribution in [-0.4, -0.2) is 25.2 Å². The van der Waals surface area contributed by atoms with Crippen molar-refractivity contribution in [2.45, 2.75) is 18.7 Å². The number of nitrogens with zero attached hydrogens (tertiary/aromatic N) is 2. The Morgan fingerprint density at radius 3 is 2.39 bits per heavy atom. The summed E-state index contributed by atoms with van der Waals surface area (Å²) < 4.78 is 38.0. The second-order valence-corrected chi connectivity index (χ2v) is 7.73. The van der Waals surface area contributed by atoms with Crippen LogP contribution in [0, 0.1) is 13.8 Å². The third-order valence-corrected chi connectivity index (χ3v) is 5.20.